The van der Waals surface area contributed by atoms with Crippen molar-refractivity contribution in [1.29, 1.82) is 0 Å². The van der Waals surface area contributed by atoms with Crippen LogP contribution in [0.15, 0.2) is 6.07 Å². The summed E-state index contributed by atoms with van der Waals surface area (Å²) in [4.78, 5) is 0. The Morgan fingerprint density at radius 3 is 2.67 bits per heavy atom. The van der Waals surface area contributed by atoms with Crippen molar-refractivity contribution in [3.8, 4) is 0 Å². The van der Waals surface area contributed by atoms with Crippen LogP contribution in [-0.4, -0.2) is 18.3 Å². The summed E-state index contributed by atoms with van der Waals surface area (Å²) in [5.74, 6) is 0.466. The molecule has 1 rings (SSSR count). The third-order valence-electron chi connectivity index (χ3n) is 2.57. The molecule has 1 heterocycles. The number of methoxy groups -OCH3 is 1. The topological polar surface area (TPSA) is 14.2 Å². The van der Waals surface area contributed by atoms with E-state index in [4.69, 9.17) is 16.3 Å². The molecular formula is C12H20ClNO. The highest BCUT2D eigenvalue weighted by Crippen LogP contribution is 2.28. The van der Waals surface area contributed by atoms with Crippen LogP contribution in [0.3, 0.4) is 0 Å². The molecule has 0 unspecified atom stereocenters. The van der Waals surface area contributed by atoms with Gasteiger partial charge in [-0.15, -0.1) is 0 Å². The number of hydrogen-bond acceptors (Lipinski definition) is 1. The largest absolute Gasteiger partial charge is 0.385 e. The maximum Gasteiger partial charge on any atom is 0.0620 e. The number of hydrogen-bond donors (Lipinski definition) is 0. The Morgan fingerprint density at radius 2 is 2.13 bits per heavy atom. The van der Waals surface area contributed by atoms with E-state index < -0.39 is 0 Å². The minimum Gasteiger partial charge on any atom is -0.385 e. The molecule has 0 aliphatic rings. The van der Waals surface area contributed by atoms with Gasteiger partial charge in [-0.3, -0.25) is 0 Å². The quantitative estimate of drug-likeness (QED) is 0.704. The van der Waals surface area contributed by atoms with Gasteiger partial charge in [0.2, 0.25) is 0 Å². The van der Waals surface area contributed by atoms with Gasteiger partial charge in [0.15, 0.2) is 0 Å². The van der Waals surface area contributed by atoms with Gasteiger partial charge in [-0.05, 0) is 25.3 Å². The highest BCUT2D eigenvalue weighted by Gasteiger charge is 2.13. The molecular weight excluding hydrogens is 210 g/mol. The molecule has 0 saturated carbocycles. The van der Waals surface area contributed by atoms with Crippen LogP contribution in [0.4, 0.5) is 0 Å². The van der Waals surface area contributed by atoms with E-state index in [9.17, 15) is 0 Å². The van der Waals surface area contributed by atoms with Gasteiger partial charge in [0.05, 0.1) is 5.02 Å². The fraction of sp³-hybridized carbons (Fsp3) is 0.667. The Hall–Kier alpha value is -0.470. The molecule has 0 aliphatic heterocycles. The molecule has 0 N–H and O–H groups in total. The van der Waals surface area contributed by atoms with Gasteiger partial charge in [0.1, 0.15) is 0 Å². The van der Waals surface area contributed by atoms with Crippen LogP contribution in [-0.2, 0) is 11.3 Å². The molecule has 0 spiro atoms. The summed E-state index contributed by atoms with van der Waals surface area (Å²) in [6.07, 6.45) is 1.03. The summed E-state index contributed by atoms with van der Waals surface area (Å²) < 4.78 is 7.36. The van der Waals surface area contributed by atoms with Crippen molar-refractivity contribution in [2.75, 3.05) is 13.7 Å². The van der Waals surface area contributed by atoms with Crippen LogP contribution >= 0.6 is 11.6 Å². The molecule has 0 fully saturated rings. The first kappa shape index (κ1) is 12.6. The second-order valence-electron chi connectivity index (χ2n) is 4.17. The van der Waals surface area contributed by atoms with E-state index in [1.54, 1.807) is 7.11 Å². The lowest BCUT2D eigenvalue weighted by Gasteiger charge is -2.14. The molecule has 15 heavy (non-hydrogen) atoms. The third-order valence-corrected chi connectivity index (χ3v) is 2.88. The van der Waals surface area contributed by atoms with Crippen LogP contribution < -0.4 is 0 Å². The zero-order chi connectivity index (χ0) is 11.4. The van der Waals surface area contributed by atoms with Crippen LogP contribution in [0, 0.1) is 6.92 Å². The predicted molar refractivity (Wildman–Crippen MR) is 64.8 cm³/mol. The number of halogens is 1. The zero-order valence-electron chi connectivity index (χ0n) is 10.0. The standard InChI is InChI=1S/C12H20ClNO/c1-9(2)12-11(13)8-10(3)14(12)6-5-7-15-4/h8-9H,5-7H2,1-4H3. The van der Waals surface area contributed by atoms with E-state index in [0.717, 1.165) is 24.6 Å². The summed E-state index contributed by atoms with van der Waals surface area (Å²) in [5.41, 5.74) is 2.48. The Kier molecular flexibility index (Phi) is 4.68. The van der Waals surface area contributed by atoms with Gasteiger partial charge < -0.3 is 9.30 Å². The van der Waals surface area contributed by atoms with Crippen molar-refractivity contribution in [1.82, 2.24) is 4.57 Å². The van der Waals surface area contributed by atoms with Crippen molar-refractivity contribution < 1.29 is 4.74 Å². The van der Waals surface area contributed by atoms with E-state index >= 15 is 0 Å². The summed E-state index contributed by atoms with van der Waals surface area (Å²) in [5, 5.41) is 0.889. The number of aryl methyl sites for hydroxylation is 1. The van der Waals surface area contributed by atoms with E-state index in [0.29, 0.717) is 5.92 Å². The normalized spacial score (nSPS) is 11.3. The van der Waals surface area contributed by atoms with E-state index in [2.05, 4.69) is 25.3 Å². The summed E-state index contributed by atoms with van der Waals surface area (Å²) in [7, 11) is 1.73. The van der Waals surface area contributed by atoms with Crippen molar-refractivity contribution in [2.45, 2.75) is 39.7 Å². The first-order chi connectivity index (χ1) is 7.07. The average molecular weight is 230 g/mol. The van der Waals surface area contributed by atoms with Gasteiger partial charge in [0.25, 0.3) is 0 Å². The maximum atomic E-state index is 6.21. The SMILES string of the molecule is COCCCn1c(C)cc(Cl)c1C(C)C. The fourth-order valence-corrected chi connectivity index (χ4v) is 2.38. The molecule has 0 aliphatic carbocycles. The second kappa shape index (κ2) is 5.57. The minimum atomic E-state index is 0.466. The number of rotatable bonds is 5. The lowest BCUT2D eigenvalue weighted by molar-refractivity contribution is 0.190. The van der Waals surface area contributed by atoms with Gasteiger partial charge in [-0.25, -0.2) is 0 Å². The Bertz CT molecular complexity index is 318. The smallest absolute Gasteiger partial charge is 0.0620 e. The second-order valence-corrected chi connectivity index (χ2v) is 4.58. The van der Waals surface area contributed by atoms with Crippen LogP contribution in [0.1, 0.15) is 37.6 Å². The van der Waals surface area contributed by atoms with Crippen molar-refractivity contribution in [3.05, 3.63) is 22.5 Å². The first-order valence-corrected chi connectivity index (χ1v) is 5.80. The van der Waals surface area contributed by atoms with Crippen molar-refractivity contribution in [3.63, 3.8) is 0 Å². The van der Waals surface area contributed by atoms with Gasteiger partial charge in [0, 0.05) is 31.6 Å². The van der Waals surface area contributed by atoms with Crippen LogP contribution in [0.2, 0.25) is 5.02 Å². The zero-order valence-corrected chi connectivity index (χ0v) is 10.8. The highest BCUT2D eigenvalue weighted by molar-refractivity contribution is 6.31. The van der Waals surface area contributed by atoms with E-state index in [1.165, 1.54) is 11.4 Å². The molecule has 0 saturated heterocycles. The molecule has 2 nitrogen and oxygen atoms in total. The Labute approximate surface area is 97.2 Å². The fourth-order valence-electron chi connectivity index (χ4n) is 1.91. The first-order valence-electron chi connectivity index (χ1n) is 5.42. The number of nitrogens with zero attached hydrogens (tertiary/aromatic N) is 1. The molecule has 1 aromatic rings. The Morgan fingerprint density at radius 1 is 1.47 bits per heavy atom. The molecule has 3 heteroatoms. The van der Waals surface area contributed by atoms with Crippen LogP contribution in [0.25, 0.3) is 0 Å². The average Bonchev–Trinajstić information content (AvgIpc) is 2.42. The monoisotopic (exact) mass is 229 g/mol. The van der Waals surface area contributed by atoms with Gasteiger partial charge >= 0.3 is 0 Å². The van der Waals surface area contributed by atoms with Crippen LogP contribution in [0.5, 0.6) is 0 Å². The number of ether oxygens (including phenoxy) is 1. The van der Waals surface area contributed by atoms with Gasteiger partial charge in [-0.1, -0.05) is 25.4 Å². The molecule has 0 aromatic carbocycles. The Balaban J connectivity index is 2.84. The van der Waals surface area contributed by atoms with Gasteiger partial charge in [-0.2, -0.15) is 0 Å². The van der Waals surface area contributed by atoms with E-state index in [-0.39, 0.29) is 0 Å². The summed E-state index contributed by atoms with van der Waals surface area (Å²) in [6.45, 7) is 8.23. The van der Waals surface area contributed by atoms with E-state index in [1.807, 2.05) is 6.07 Å². The molecule has 0 radical (unpaired) electrons. The summed E-state index contributed by atoms with van der Waals surface area (Å²) in [6, 6.07) is 2.05. The molecule has 1 aromatic heterocycles. The third kappa shape index (κ3) is 2.99. The predicted octanol–water partition coefficient (Wildman–Crippen LogP) is 3.61. The summed E-state index contributed by atoms with van der Waals surface area (Å²) >= 11 is 6.21. The highest BCUT2D eigenvalue weighted by atomic mass is 35.5. The minimum absolute atomic E-state index is 0.466. The lowest BCUT2D eigenvalue weighted by atomic mass is 10.1. The number of aromatic nitrogens is 1. The molecule has 0 bridgehead atoms. The molecule has 0 amide bonds. The molecule has 86 valence electrons. The molecule has 0 atom stereocenters. The lowest BCUT2D eigenvalue weighted by Crippen LogP contribution is -2.08. The van der Waals surface area contributed by atoms with Crippen molar-refractivity contribution in [2.24, 2.45) is 0 Å². The maximum absolute atomic E-state index is 6.21. The van der Waals surface area contributed by atoms with Crippen molar-refractivity contribution >= 4 is 11.6 Å².